The molecular weight excluding hydrogens is 424 g/mol. The number of sulfonamides is 1. The molecule has 0 atom stereocenters. The number of benzene rings is 2. The van der Waals surface area contributed by atoms with Crippen molar-refractivity contribution >= 4 is 21.7 Å². The minimum absolute atomic E-state index is 0.112. The van der Waals surface area contributed by atoms with E-state index in [2.05, 4.69) is 5.32 Å². The minimum Gasteiger partial charge on any atom is -0.322 e. The fourth-order valence-electron chi connectivity index (χ4n) is 4.10. The number of aryl methyl sites for hydroxylation is 1. The molecule has 0 saturated carbocycles. The van der Waals surface area contributed by atoms with E-state index in [1.807, 2.05) is 0 Å². The van der Waals surface area contributed by atoms with Gasteiger partial charge in [0.1, 0.15) is 16.9 Å². The molecule has 2 aliphatic heterocycles. The van der Waals surface area contributed by atoms with E-state index in [0.717, 1.165) is 11.1 Å². The molecule has 2 aromatic rings. The van der Waals surface area contributed by atoms with Gasteiger partial charge in [0.05, 0.1) is 0 Å². The Morgan fingerprint density at radius 2 is 1.61 bits per heavy atom. The van der Waals surface area contributed by atoms with Crippen molar-refractivity contribution < 1.29 is 22.0 Å². The maximum absolute atomic E-state index is 13.4. The minimum atomic E-state index is -3.50. The van der Waals surface area contributed by atoms with Crippen LogP contribution >= 0.6 is 0 Å². The highest BCUT2D eigenvalue weighted by Gasteiger charge is 2.43. The van der Waals surface area contributed by atoms with Crippen LogP contribution in [0.25, 0.3) is 0 Å². The number of likely N-dealkylation sites (tertiary alicyclic amines) is 1. The number of amides is 2. The Kier molecular flexibility index (Phi) is 5.98. The van der Waals surface area contributed by atoms with Crippen LogP contribution in [0.3, 0.4) is 0 Å². The molecule has 0 aromatic heterocycles. The Labute approximate surface area is 180 Å². The number of urea groups is 1. The zero-order valence-electron chi connectivity index (χ0n) is 17.2. The van der Waals surface area contributed by atoms with E-state index >= 15 is 0 Å². The van der Waals surface area contributed by atoms with Crippen LogP contribution in [0.5, 0.6) is 0 Å². The van der Waals surface area contributed by atoms with Crippen molar-refractivity contribution in [3.05, 3.63) is 65.2 Å². The van der Waals surface area contributed by atoms with Crippen molar-refractivity contribution in [2.24, 2.45) is 0 Å². The molecule has 0 unspecified atom stereocenters. The van der Waals surface area contributed by atoms with Gasteiger partial charge in [0.15, 0.2) is 0 Å². The monoisotopic (exact) mass is 449 g/mol. The largest absolute Gasteiger partial charge is 0.322 e. The summed E-state index contributed by atoms with van der Waals surface area (Å²) in [6.45, 7) is 2.81. The summed E-state index contributed by atoms with van der Waals surface area (Å²) >= 11 is 0. The maximum atomic E-state index is 13.4. The molecular formula is C22H25F2N3O3S. The highest BCUT2D eigenvalue weighted by molar-refractivity contribution is 7.89. The molecule has 0 bridgehead atoms. The molecule has 0 radical (unpaired) electrons. The molecule has 0 aliphatic carbocycles. The Balaban J connectivity index is 1.30. The average Bonchev–Trinajstić information content (AvgIpc) is 2.70. The highest BCUT2D eigenvalue weighted by atomic mass is 32.2. The van der Waals surface area contributed by atoms with Gasteiger partial charge < -0.3 is 10.2 Å². The van der Waals surface area contributed by atoms with E-state index in [-0.39, 0.29) is 24.8 Å². The Hall–Kier alpha value is -2.52. The zero-order valence-corrected chi connectivity index (χ0v) is 18.0. The molecule has 2 aromatic carbocycles. The number of nitrogens with one attached hydrogen (secondary N) is 1. The Morgan fingerprint density at radius 3 is 2.26 bits per heavy atom. The summed E-state index contributed by atoms with van der Waals surface area (Å²) in [5.74, 6) is -0.519. The van der Waals surface area contributed by atoms with Crippen LogP contribution in [-0.4, -0.2) is 55.1 Å². The fourth-order valence-corrected chi connectivity index (χ4v) is 5.98. The van der Waals surface area contributed by atoms with Gasteiger partial charge in [-0.25, -0.2) is 26.3 Å². The van der Waals surface area contributed by atoms with Crippen molar-refractivity contribution in [2.75, 3.05) is 31.5 Å². The molecule has 31 heavy (non-hydrogen) atoms. The third-order valence-electron chi connectivity index (χ3n) is 6.15. The maximum Gasteiger partial charge on any atom is 0.321 e. The van der Waals surface area contributed by atoms with Crippen molar-refractivity contribution in [3.8, 4) is 0 Å². The number of hydrogen-bond donors (Lipinski definition) is 1. The second-order valence-corrected chi connectivity index (χ2v) is 10.4. The third-order valence-corrected chi connectivity index (χ3v) is 8.38. The fraction of sp³-hybridized carbons (Fsp3) is 0.409. The quantitative estimate of drug-likeness (QED) is 0.774. The van der Waals surface area contributed by atoms with Crippen molar-refractivity contribution in [2.45, 2.75) is 30.9 Å². The lowest BCUT2D eigenvalue weighted by atomic mass is 9.90. The van der Waals surface area contributed by atoms with Crippen LogP contribution in [0.1, 0.15) is 29.9 Å². The number of nitrogens with zero attached hydrogens (tertiary/aromatic N) is 2. The lowest BCUT2D eigenvalue weighted by Gasteiger charge is -2.42. The first-order valence-corrected chi connectivity index (χ1v) is 11.8. The van der Waals surface area contributed by atoms with Gasteiger partial charge >= 0.3 is 6.03 Å². The zero-order chi connectivity index (χ0) is 22.2. The third kappa shape index (κ3) is 4.57. The van der Waals surface area contributed by atoms with Crippen molar-refractivity contribution in [3.63, 3.8) is 0 Å². The molecule has 9 heteroatoms. The van der Waals surface area contributed by atoms with E-state index in [1.54, 1.807) is 25.1 Å². The van der Waals surface area contributed by atoms with Gasteiger partial charge in [-0.05, 0) is 61.1 Å². The van der Waals surface area contributed by atoms with Gasteiger partial charge in [-0.1, -0.05) is 18.2 Å². The summed E-state index contributed by atoms with van der Waals surface area (Å²) in [6.07, 6.45) is 1.36. The van der Waals surface area contributed by atoms with Gasteiger partial charge in [-0.2, -0.15) is 0 Å². The first-order valence-electron chi connectivity index (χ1n) is 10.3. The van der Waals surface area contributed by atoms with Gasteiger partial charge in [0, 0.05) is 31.9 Å². The number of carbonyl (C=O) groups is 1. The molecule has 0 spiro atoms. The van der Waals surface area contributed by atoms with Crippen LogP contribution in [0.4, 0.5) is 19.3 Å². The topological polar surface area (TPSA) is 69.7 Å². The first kappa shape index (κ1) is 21.7. The first-order chi connectivity index (χ1) is 14.7. The van der Waals surface area contributed by atoms with Crippen LogP contribution in [0, 0.1) is 18.6 Å². The molecule has 2 saturated heterocycles. The van der Waals surface area contributed by atoms with Crippen LogP contribution in [0.2, 0.25) is 0 Å². The van der Waals surface area contributed by atoms with Crippen molar-refractivity contribution in [1.29, 1.82) is 0 Å². The number of anilines is 1. The van der Waals surface area contributed by atoms with Crippen LogP contribution in [0.15, 0.2) is 42.5 Å². The van der Waals surface area contributed by atoms with Crippen LogP contribution in [-0.2, 0) is 10.0 Å². The van der Waals surface area contributed by atoms with Crippen LogP contribution < -0.4 is 5.32 Å². The predicted molar refractivity (Wildman–Crippen MR) is 114 cm³/mol. The van der Waals surface area contributed by atoms with Gasteiger partial charge in [0.25, 0.3) is 0 Å². The normalized spacial score (nSPS) is 18.6. The second kappa shape index (κ2) is 8.55. The molecule has 4 rings (SSSR count). The lowest BCUT2D eigenvalue weighted by molar-refractivity contribution is 0.179. The number of halogens is 2. The van der Waals surface area contributed by atoms with E-state index < -0.39 is 27.1 Å². The molecule has 2 aliphatic rings. The number of piperidine rings is 1. The van der Waals surface area contributed by atoms with E-state index in [4.69, 9.17) is 0 Å². The number of carbonyl (C=O) groups excluding carboxylic acids is 1. The van der Waals surface area contributed by atoms with Gasteiger partial charge in [-0.15, -0.1) is 0 Å². The lowest BCUT2D eigenvalue weighted by Crippen LogP contribution is -2.61. The molecule has 1 N–H and O–H groups in total. The highest BCUT2D eigenvalue weighted by Crippen LogP contribution is 2.31. The van der Waals surface area contributed by atoms with Gasteiger partial charge in [-0.3, -0.25) is 0 Å². The summed E-state index contributed by atoms with van der Waals surface area (Å²) < 4.78 is 53.9. The van der Waals surface area contributed by atoms with E-state index in [0.29, 0.717) is 31.6 Å². The summed E-state index contributed by atoms with van der Waals surface area (Å²) in [5, 5.41) is 2.01. The van der Waals surface area contributed by atoms with Crippen molar-refractivity contribution in [1.82, 2.24) is 9.21 Å². The second-order valence-electron chi connectivity index (χ2n) is 8.19. The van der Waals surface area contributed by atoms with E-state index in [1.165, 1.54) is 33.5 Å². The number of rotatable bonds is 4. The summed E-state index contributed by atoms with van der Waals surface area (Å²) in [4.78, 5) is 13.8. The summed E-state index contributed by atoms with van der Waals surface area (Å²) in [6, 6.07) is 10.1. The standard InChI is InChI=1S/C22H25F2N3O3S/c1-15-2-5-19(24)12-21(15)25-22(28)26-13-20(14-26)31(29,30)27-10-8-17(9-11-27)16-3-6-18(23)7-4-16/h2-7,12,17,20H,8-11,13-14H2,1H3,(H,25,28). The molecule has 2 fully saturated rings. The number of hydrogen-bond acceptors (Lipinski definition) is 3. The molecule has 2 amide bonds. The average molecular weight is 450 g/mol. The summed E-state index contributed by atoms with van der Waals surface area (Å²) in [7, 11) is -3.50. The smallest absolute Gasteiger partial charge is 0.321 e. The SMILES string of the molecule is Cc1ccc(F)cc1NC(=O)N1CC(S(=O)(=O)N2CCC(c3ccc(F)cc3)CC2)C1. The predicted octanol–water partition coefficient (Wildman–Crippen LogP) is 3.70. The Bertz CT molecular complexity index is 1060. The van der Waals surface area contributed by atoms with Gasteiger partial charge in [0.2, 0.25) is 10.0 Å². The summed E-state index contributed by atoms with van der Waals surface area (Å²) in [5.41, 5.74) is 2.13. The molecule has 166 valence electrons. The van der Waals surface area contributed by atoms with E-state index in [9.17, 15) is 22.0 Å². The Morgan fingerprint density at radius 1 is 1.00 bits per heavy atom. The molecule has 2 heterocycles. The molecule has 6 nitrogen and oxygen atoms in total.